The zero-order valence-corrected chi connectivity index (χ0v) is 7.12. The summed E-state index contributed by atoms with van der Waals surface area (Å²) < 4.78 is 0. The van der Waals surface area contributed by atoms with E-state index in [1.165, 1.54) is 0 Å². The number of hydrogen-bond donors (Lipinski definition) is 0. The van der Waals surface area contributed by atoms with Crippen molar-refractivity contribution >= 4 is 17.1 Å². The minimum absolute atomic E-state index is 0.391. The number of nitrogens with zero attached hydrogens (tertiary/aromatic N) is 4. The third-order valence-corrected chi connectivity index (χ3v) is 1.52. The lowest BCUT2D eigenvalue weighted by Crippen LogP contribution is -2.18. The number of carbonyl (C=O) groups excluding carboxylic acids is 1. The fourth-order valence-electron chi connectivity index (χ4n) is 0.929. The fourth-order valence-corrected chi connectivity index (χ4v) is 0.929. The molecule has 0 atom stereocenters. The maximum atomic E-state index is 10.9. The summed E-state index contributed by atoms with van der Waals surface area (Å²) in [7, 11) is 0. The maximum absolute atomic E-state index is 10.9. The minimum atomic E-state index is -0.609. The summed E-state index contributed by atoms with van der Waals surface area (Å²) in [5, 5.41) is 7.34. The van der Waals surface area contributed by atoms with Crippen LogP contribution in [0, 0.1) is 0 Å². The number of hydrogen-bond acceptors (Lipinski definition) is 5. The molecule has 2 rings (SSSR count). The van der Waals surface area contributed by atoms with Gasteiger partial charge >= 0.3 is 5.97 Å². The Morgan fingerprint density at radius 2 is 2.50 bits per heavy atom. The zero-order chi connectivity index (χ0) is 9.97. The van der Waals surface area contributed by atoms with E-state index in [1.54, 1.807) is 18.3 Å². The highest BCUT2D eigenvalue weighted by Gasteiger charge is 2.07. The third-order valence-electron chi connectivity index (χ3n) is 1.52. The Kier molecular flexibility index (Phi) is 1.94. The Labute approximate surface area is 78.8 Å². The van der Waals surface area contributed by atoms with Gasteiger partial charge in [0.05, 0.1) is 0 Å². The maximum Gasteiger partial charge on any atom is 0.358 e. The summed E-state index contributed by atoms with van der Waals surface area (Å²) in [4.78, 5) is 20.5. The van der Waals surface area contributed by atoms with Gasteiger partial charge in [-0.3, -0.25) is 0 Å². The average Bonchev–Trinajstić information content (AvgIpc) is 2.62. The van der Waals surface area contributed by atoms with Crippen LogP contribution in [0.15, 0.2) is 31.0 Å². The molecule has 0 aliphatic heterocycles. The molecule has 14 heavy (non-hydrogen) atoms. The Balaban J connectivity index is 2.43. The molecule has 0 amide bonds. The van der Waals surface area contributed by atoms with Crippen molar-refractivity contribution in [2.24, 2.45) is 0 Å². The molecule has 6 heteroatoms. The number of aromatic nitrogens is 4. The topological polar surface area (TPSA) is 69.9 Å². The van der Waals surface area contributed by atoms with E-state index in [4.69, 9.17) is 4.84 Å². The number of pyridine rings is 1. The number of carbonyl (C=O) groups is 1. The molecule has 0 aliphatic carbocycles. The van der Waals surface area contributed by atoms with Crippen LogP contribution in [-0.2, 0) is 4.79 Å². The molecule has 70 valence electrons. The third kappa shape index (κ3) is 1.33. The van der Waals surface area contributed by atoms with Crippen LogP contribution in [0.2, 0.25) is 0 Å². The first-order valence-corrected chi connectivity index (χ1v) is 3.82. The summed E-state index contributed by atoms with van der Waals surface area (Å²) in [6.45, 7) is 3.26. The van der Waals surface area contributed by atoms with E-state index in [-0.39, 0.29) is 0 Å². The molecular formula is C8H6N4O2. The van der Waals surface area contributed by atoms with Crippen molar-refractivity contribution in [3.8, 4) is 0 Å². The van der Waals surface area contributed by atoms with Gasteiger partial charge in [-0.15, -0.1) is 5.10 Å². The van der Waals surface area contributed by atoms with Crippen molar-refractivity contribution in [3.05, 3.63) is 31.0 Å². The van der Waals surface area contributed by atoms with E-state index in [9.17, 15) is 4.79 Å². The molecule has 0 spiro atoms. The van der Waals surface area contributed by atoms with Crippen LogP contribution in [0.1, 0.15) is 0 Å². The van der Waals surface area contributed by atoms with Crippen LogP contribution in [0.5, 0.6) is 0 Å². The second-order valence-electron chi connectivity index (χ2n) is 2.42. The molecule has 0 unspecified atom stereocenters. The van der Waals surface area contributed by atoms with Crippen molar-refractivity contribution in [3.63, 3.8) is 0 Å². The van der Waals surface area contributed by atoms with E-state index >= 15 is 0 Å². The highest BCUT2D eigenvalue weighted by atomic mass is 16.7. The van der Waals surface area contributed by atoms with Crippen LogP contribution in [0.4, 0.5) is 0 Å². The molecule has 0 fully saturated rings. The molecule has 0 bridgehead atoms. The second-order valence-corrected chi connectivity index (χ2v) is 2.42. The standard InChI is InChI=1S/C8H6N4O2/c1-2-7(13)14-12-8-6(10-11-12)4-3-5-9-8/h2-5H,1H2. The molecule has 0 radical (unpaired) electrons. The molecule has 6 nitrogen and oxygen atoms in total. The van der Waals surface area contributed by atoms with Gasteiger partial charge in [-0.1, -0.05) is 6.58 Å². The van der Waals surface area contributed by atoms with E-state index in [0.29, 0.717) is 11.2 Å². The van der Waals surface area contributed by atoms with E-state index in [1.807, 2.05) is 0 Å². The minimum Gasteiger partial charge on any atom is -0.311 e. The molecule has 2 aromatic heterocycles. The summed E-state index contributed by atoms with van der Waals surface area (Å²) in [5.74, 6) is -0.609. The molecule has 0 aromatic carbocycles. The van der Waals surface area contributed by atoms with Crippen LogP contribution < -0.4 is 4.84 Å². The molecule has 2 heterocycles. The van der Waals surface area contributed by atoms with Crippen molar-refractivity contribution < 1.29 is 9.63 Å². The van der Waals surface area contributed by atoms with Crippen molar-refractivity contribution in [1.29, 1.82) is 0 Å². The predicted octanol–water partition coefficient (Wildman–Crippen LogP) is -0.0325. The molecule has 0 saturated heterocycles. The lowest BCUT2D eigenvalue weighted by molar-refractivity contribution is -0.139. The highest BCUT2D eigenvalue weighted by Crippen LogP contribution is 2.04. The lowest BCUT2D eigenvalue weighted by atomic mass is 10.4. The largest absolute Gasteiger partial charge is 0.358 e. The van der Waals surface area contributed by atoms with Crippen molar-refractivity contribution in [2.45, 2.75) is 0 Å². The van der Waals surface area contributed by atoms with Crippen LogP contribution in [-0.4, -0.2) is 26.1 Å². The molecule has 2 aromatic rings. The van der Waals surface area contributed by atoms with Crippen molar-refractivity contribution in [2.75, 3.05) is 0 Å². The Morgan fingerprint density at radius 1 is 1.64 bits per heavy atom. The number of rotatable bonds is 2. The smallest absolute Gasteiger partial charge is 0.311 e. The monoisotopic (exact) mass is 190 g/mol. The summed E-state index contributed by atoms with van der Waals surface area (Å²) in [6, 6.07) is 3.43. The van der Waals surface area contributed by atoms with Gasteiger partial charge in [-0.05, 0) is 22.2 Å². The zero-order valence-electron chi connectivity index (χ0n) is 7.12. The quantitative estimate of drug-likeness (QED) is 0.491. The molecule has 0 saturated carbocycles. The van der Waals surface area contributed by atoms with Gasteiger partial charge < -0.3 is 4.84 Å². The van der Waals surface area contributed by atoms with Gasteiger partial charge in [-0.2, -0.15) is 0 Å². The Morgan fingerprint density at radius 3 is 3.29 bits per heavy atom. The van der Waals surface area contributed by atoms with E-state index in [2.05, 4.69) is 21.9 Å². The highest BCUT2D eigenvalue weighted by molar-refractivity contribution is 5.82. The van der Waals surface area contributed by atoms with Gasteiger partial charge in [0, 0.05) is 12.3 Å². The SMILES string of the molecule is C=CC(=O)On1nnc2cccnc21. The Hall–Kier alpha value is -2.24. The number of fused-ring (bicyclic) bond motifs is 1. The first-order valence-electron chi connectivity index (χ1n) is 3.82. The Bertz CT molecular complexity index is 491. The normalized spacial score (nSPS) is 10.0. The van der Waals surface area contributed by atoms with Crippen molar-refractivity contribution in [1.82, 2.24) is 20.1 Å². The summed E-state index contributed by atoms with van der Waals surface area (Å²) >= 11 is 0. The van der Waals surface area contributed by atoms with E-state index in [0.717, 1.165) is 10.9 Å². The van der Waals surface area contributed by atoms with Crippen LogP contribution in [0.3, 0.4) is 0 Å². The van der Waals surface area contributed by atoms with Gasteiger partial charge in [0.2, 0.25) is 5.65 Å². The van der Waals surface area contributed by atoms with E-state index < -0.39 is 5.97 Å². The van der Waals surface area contributed by atoms with Crippen LogP contribution >= 0.6 is 0 Å². The molecular weight excluding hydrogens is 184 g/mol. The average molecular weight is 190 g/mol. The van der Waals surface area contributed by atoms with Gasteiger partial charge in [0.1, 0.15) is 5.52 Å². The summed E-state index contributed by atoms with van der Waals surface area (Å²) in [5.41, 5.74) is 0.951. The molecule has 0 N–H and O–H groups in total. The van der Waals surface area contributed by atoms with Gasteiger partial charge in [0.25, 0.3) is 0 Å². The van der Waals surface area contributed by atoms with Gasteiger partial charge in [0.15, 0.2) is 0 Å². The second kappa shape index (κ2) is 3.25. The lowest BCUT2D eigenvalue weighted by Gasteiger charge is -1.97. The first kappa shape index (κ1) is 8.36. The molecule has 0 aliphatic rings. The summed E-state index contributed by atoms with van der Waals surface area (Å²) in [6.07, 6.45) is 2.60. The first-order chi connectivity index (χ1) is 6.81. The van der Waals surface area contributed by atoms with Gasteiger partial charge in [-0.25, -0.2) is 9.78 Å². The fraction of sp³-hybridized carbons (Fsp3) is 0. The van der Waals surface area contributed by atoms with Crippen LogP contribution in [0.25, 0.3) is 11.2 Å². The predicted molar refractivity (Wildman–Crippen MR) is 47.1 cm³/mol.